The molecule has 1 aromatic rings. The lowest BCUT2D eigenvalue weighted by Crippen LogP contribution is -2.43. The Balaban J connectivity index is 1.41. The van der Waals surface area contributed by atoms with Crippen molar-refractivity contribution in [2.75, 3.05) is 44.2 Å². The Hall–Kier alpha value is -1.13. The van der Waals surface area contributed by atoms with Gasteiger partial charge in [-0.1, -0.05) is 6.92 Å². The third-order valence-electron chi connectivity index (χ3n) is 5.21. The number of nitrogens with one attached hydrogen (secondary N) is 1. The molecular formula is C18H28FN3. The molecule has 0 aromatic heterocycles. The largest absolute Gasteiger partial charge is 0.371 e. The van der Waals surface area contributed by atoms with Gasteiger partial charge in [0.05, 0.1) is 0 Å². The van der Waals surface area contributed by atoms with Crippen LogP contribution in [0.3, 0.4) is 0 Å². The molecule has 2 saturated heterocycles. The number of halogens is 1. The van der Waals surface area contributed by atoms with Crippen LogP contribution in [0.4, 0.5) is 10.1 Å². The zero-order chi connectivity index (χ0) is 15.4. The van der Waals surface area contributed by atoms with Gasteiger partial charge in [-0.25, -0.2) is 4.39 Å². The highest BCUT2D eigenvalue weighted by molar-refractivity contribution is 5.47. The summed E-state index contributed by atoms with van der Waals surface area (Å²) in [5.74, 6) is 0.564. The lowest BCUT2D eigenvalue weighted by Gasteiger charge is -2.32. The van der Waals surface area contributed by atoms with Crippen molar-refractivity contribution < 1.29 is 4.39 Å². The highest BCUT2D eigenvalue weighted by atomic mass is 19.1. The van der Waals surface area contributed by atoms with Crippen LogP contribution in [0.2, 0.25) is 0 Å². The van der Waals surface area contributed by atoms with Gasteiger partial charge in [0.25, 0.3) is 0 Å². The van der Waals surface area contributed by atoms with Crippen LogP contribution < -0.4 is 10.2 Å². The monoisotopic (exact) mass is 305 g/mol. The molecule has 2 heterocycles. The predicted molar refractivity (Wildman–Crippen MR) is 89.9 cm³/mol. The van der Waals surface area contributed by atoms with E-state index in [-0.39, 0.29) is 5.82 Å². The van der Waals surface area contributed by atoms with Crippen molar-refractivity contribution in [2.24, 2.45) is 5.92 Å². The quantitative estimate of drug-likeness (QED) is 0.902. The molecule has 2 fully saturated rings. The van der Waals surface area contributed by atoms with E-state index < -0.39 is 0 Å². The van der Waals surface area contributed by atoms with Crippen LogP contribution >= 0.6 is 0 Å². The lowest BCUT2D eigenvalue weighted by atomic mass is 10.0. The van der Waals surface area contributed by atoms with Gasteiger partial charge >= 0.3 is 0 Å². The molecule has 0 saturated carbocycles. The fourth-order valence-electron chi connectivity index (χ4n) is 3.67. The Labute approximate surface area is 133 Å². The first-order valence-electron chi connectivity index (χ1n) is 8.71. The van der Waals surface area contributed by atoms with E-state index in [0.717, 1.165) is 25.3 Å². The summed E-state index contributed by atoms with van der Waals surface area (Å²) in [5.41, 5.74) is 1.15. The summed E-state index contributed by atoms with van der Waals surface area (Å²) >= 11 is 0. The summed E-state index contributed by atoms with van der Waals surface area (Å²) in [7, 11) is 0. The molecule has 22 heavy (non-hydrogen) atoms. The second-order valence-corrected chi connectivity index (χ2v) is 6.69. The summed E-state index contributed by atoms with van der Waals surface area (Å²) in [5, 5.41) is 3.78. The van der Waals surface area contributed by atoms with Gasteiger partial charge in [0.1, 0.15) is 5.82 Å². The Bertz CT molecular complexity index is 454. The topological polar surface area (TPSA) is 18.5 Å². The number of piperidine rings is 1. The van der Waals surface area contributed by atoms with E-state index in [1.165, 1.54) is 38.9 Å². The molecule has 0 unspecified atom stereocenters. The molecule has 0 aliphatic carbocycles. The zero-order valence-electron chi connectivity index (χ0n) is 13.6. The average molecular weight is 305 g/mol. The maximum atomic E-state index is 13.0. The zero-order valence-corrected chi connectivity index (χ0v) is 13.6. The van der Waals surface area contributed by atoms with Crippen LogP contribution in [-0.4, -0.2) is 50.2 Å². The van der Waals surface area contributed by atoms with Crippen molar-refractivity contribution >= 4 is 5.69 Å². The first kappa shape index (κ1) is 15.8. The van der Waals surface area contributed by atoms with Gasteiger partial charge in [-0.15, -0.1) is 0 Å². The second-order valence-electron chi connectivity index (χ2n) is 6.69. The van der Waals surface area contributed by atoms with Crippen LogP contribution in [0.5, 0.6) is 0 Å². The molecule has 0 amide bonds. The Morgan fingerprint density at radius 3 is 2.50 bits per heavy atom. The van der Waals surface area contributed by atoms with Gasteiger partial charge in [0, 0.05) is 24.8 Å². The smallest absolute Gasteiger partial charge is 0.123 e. The normalized spacial score (nSPS) is 24.1. The average Bonchev–Trinajstić information content (AvgIpc) is 3.03. The van der Waals surface area contributed by atoms with E-state index in [2.05, 4.69) is 22.0 Å². The number of benzene rings is 1. The molecule has 1 N–H and O–H groups in total. The molecule has 3 nitrogen and oxygen atoms in total. The van der Waals surface area contributed by atoms with Crippen LogP contribution in [0, 0.1) is 11.7 Å². The van der Waals surface area contributed by atoms with E-state index in [4.69, 9.17) is 0 Å². The van der Waals surface area contributed by atoms with Gasteiger partial charge in [-0.3, -0.25) is 0 Å². The first-order chi connectivity index (χ1) is 10.7. The van der Waals surface area contributed by atoms with Crippen molar-refractivity contribution in [1.82, 2.24) is 10.2 Å². The minimum absolute atomic E-state index is 0.153. The number of anilines is 1. The predicted octanol–water partition coefficient (Wildman–Crippen LogP) is 2.73. The molecule has 2 aliphatic heterocycles. The number of rotatable bonds is 5. The lowest BCUT2D eigenvalue weighted by molar-refractivity contribution is 0.203. The van der Waals surface area contributed by atoms with Crippen molar-refractivity contribution in [3.05, 3.63) is 30.1 Å². The molecular weight excluding hydrogens is 277 g/mol. The number of hydrogen-bond acceptors (Lipinski definition) is 3. The summed E-state index contributed by atoms with van der Waals surface area (Å²) < 4.78 is 13.0. The van der Waals surface area contributed by atoms with Crippen molar-refractivity contribution in [3.63, 3.8) is 0 Å². The Morgan fingerprint density at radius 1 is 1.09 bits per heavy atom. The molecule has 0 radical (unpaired) electrons. The number of hydrogen-bond donors (Lipinski definition) is 1. The third kappa shape index (κ3) is 3.99. The van der Waals surface area contributed by atoms with E-state index in [0.29, 0.717) is 12.0 Å². The fourth-order valence-corrected chi connectivity index (χ4v) is 3.67. The standard InChI is InChI=1S/C18H28FN3/c1-2-21-10-8-17(9-11-21)20-13-15-7-12-22(14-15)18-5-3-16(19)4-6-18/h3-6,15,17,20H,2,7-14H2,1H3/t15-/m1/s1. The summed E-state index contributed by atoms with van der Waals surface area (Å²) in [6, 6.07) is 7.60. The molecule has 3 rings (SSSR count). The molecule has 1 aromatic carbocycles. The number of likely N-dealkylation sites (tertiary alicyclic amines) is 1. The Kier molecular flexibility index (Phi) is 5.32. The third-order valence-corrected chi connectivity index (χ3v) is 5.21. The van der Waals surface area contributed by atoms with Crippen LogP contribution in [0.25, 0.3) is 0 Å². The van der Waals surface area contributed by atoms with Gasteiger partial charge in [-0.2, -0.15) is 0 Å². The molecule has 0 spiro atoms. The fraction of sp³-hybridized carbons (Fsp3) is 0.667. The summed E-state index contributed by atoms with van der Waals surface area (Å²) in [4.78, 5) is 4.91. The molecule has 1 atom stereocenters. The van der Waals surface area contributed by atoms with E-state index in [9.17, 15) is 4.39 Å². The van der Waals surface area contributed by atoms with Crippen molar-refractivity contribution in [1.29, 1.82) is 0 Å². The second kappa shape index (κ2) is 7.42. The highest BCUT2D eigenvalue weighted by Gasteiger charge is 2.24. The Morgan fingerprint density at radius 2 is 1.82 bits per heavy atom. The highest BCUT2D eigenvalue weighted by Crippen LogP contribution is 2.24. The van der Waals surface area contributed by atoms with Crippen LogP contribution in [0.1, 0.15) is 26.2 Å². The van der Waals surface area contributed by atoms with E-state index >= 15 is 0 Å². The van der Waals surface area contributed by atoms with E-state index in [1.807, 2.05) is 12.1 Å². The molecule has 4 heteroatoms. The van der Waals surface area contributed by atoms with Crippen LogP contribution in [0.15, 0.2) is 24.3 Å². The first-order valence-corrected chi connectivity index (χ1v) is 8.71. The number of nitrogens with zero attached hydrogens (tertiary/aromatic N) is 2. The van der Waals surface area contributed by atoms with Gasteiger partial charge in [-0.05, 0) is 75.6 Å². The maximum Gasteiger partial charge on any atom is 0.123 e. The van der Waals surface area contributed by atoms with Crippen LogP contribution in [-0.2, 0) is 0 Å². The maximum absolute atomic E-state index is 13.0. The summed E-state index contributed by atoms with van der Waals surface area (Å²) in [6.07, 6.45) is 3.79. The summed E-state index contributed by atoms with van der Waals surface area (Å²) in [6.45, 7) is 9.20. The van der Waals surface area contributed by atoms with Gasteiger partial charge in [0.15, 0.2) is 0 Å². The van der Waals surface area contributed by atoms with E-state index in [1.54, 1.807) is 12.1 Å². The molecule has 0 bridgehead atoms. The minimum atomic E-state index is -0.153. The minimum Gasteiger partial charge on any atom is -0.371 e. The van der Waals surface area contributed by atoms with Gasteiger partial charge < -0.3 is 15.1 Å². The van der Waals surface area contributed by atoms with Crippen molar-refractivity contribution in [3.8, 4) is 0 Å². The van der Waals surface area contributed by atoms with Crippen molar-refractivity contribution in [2.45, 2.75) is 32.2 Å². The molecule has 122 valence electrons. The van der Waals surface area contributed by atoms with Gasteiger partial charge in [0.2, 0.25) is 0 Å². The molecule has 2 aliphatic rings. The SMILES string of the molecule is CCN1CCC(NC[C@H]2CCN(c3ccc(F)cc3)C2)CC1.